The minimum absolute atomic E-state index is 0.0217. The van der Waals surface area contributed by atoms with Crippen LogP contribution in [0.15, 0.2) is 18.2 Å². The molecule has 2 rings (SSSR count). The van der Waals surface area contributed by atoms with Crippen LogP contribution in [0.2, 0.25) is 0 Å². The molecule has 0 aromatic heterocycles. The van der Waals surface area contributed by atoms with Gasteiger partial charge < -0.3 is 15.4 Å². The summed E-state index contributed by atoms with van der Waals surface area (Å²) in [6.07, 6.45) is 3.80. The van der Waals surface area contributed by atoms with Crippen LogP contribution >= 0.6 is 0 Å². The van der Waals surface area contributed by atoms with Crippen molar-refractivity contribution < 1.29 is 4.74 Å². The maximum Gasteiger partial charge on any atom is 0.124 e. The molecule has 0 radical (unpaired) electrons. The van der Waals surface area contributed by atoms with Gasteiger partial charge in [0.2, 0.25) is 0 Å². The quantitative estimate of drug-likeness (QED) is 0.801. The van der Waals surface area contributed by atoms with Crippen LogP contribution in [0.1, 0.15) is 43.4 Å². The first-order valence-corrected chi connectivity index (χ1v) is 7.38. The maximum absolute atomic E-state index is 6.00. The predicted octanol–water partition coefficient (Wildman–Crippen LogP) is 2.88. The van der Waals surface area contributed by atoms with Crippen LogP contribution in [-0.2, 0) is 0 Å². The third-order valence-corrected chi connectivity index (χ3v) is 3.73. The lowest BCUT2D eigenvalue weighted by atomic mass is 10.1. The van der Waals surface area contributed by atoms with E-state index in [4.69, 9.17) is 10.5 Å². The zero-order valence-corrected chi connectivity index (χ0v) is 12.2. The summed E-state index contributed by atoms with van der Waals surface area (Å²) in [7, 11) is 0. The lowest BCUT2D eigenvalue weighted by Gasteiger charge is -2.17. The molecule has 1 aliphatic rings. The molecule has 1 atom stereocenters. The van der Waals surface area contributed by atoms with Crippen molar-refractivity contribution >= 4 is 0 Å². The number of hydrogen-bond donors (Lipinski definition) is 1. The predicted molar refractivity (Wildman–Crippen MR) is 79.6 cm³/mol. The van der Waals surface area contributed by atoms with Gasteiger partial charge in [0.1, 0.15) is 5.75 Å². The first kappa shape index (κ1) is 14.4. The molecule has 1 aromatic rings. The van der Waals surface area contributed by atoms with E-state index >= 15 is 0 Å². The fraction of sp³-hybridized carbons (Fsp3) is 0.625. The van der Waals surface area contributed by atoms with Crippen molar-refractivity contribution in [3.8, 4) is 5.75 Å². The van der Waals surface area contributed by atoms with Gasteiger partial charge in [0.25, 0.3) is 0 Å². The molecule has 3 nitrogen and oxygen atoms in total. The van der Waals surface area contributed by atoms with Crippen LogP contribution in [0.3, 0.4) is 0 Å². The minimum atomic E-state index is 0.0217. The maximum atomic E-state index is 6.00. The lowest BCUT2D eigenvalue weighted by Crippen LogP contribution is -2.22. The van der Waals surface area contributed by atoms with Crippen LogP contribution in [0.5, 0.6) is 5.75 Å². The molecular weight excluding hydrogens is 236 g/mol. The Labute approximate surface area is 116 Å². The number of likely N-dealkylation sites (tertiary alicyclic amines) is 1. The lowest BCUT2D eigenvalue weighted by molar-refractivity contribution is 0.261. The van der Waals surface area contributed by atoms with Gasteiger partial charge in [-0.15, -0.1) is 0 Å². The van der Waals surface area contributed by atoms with Gasteiger partial charge in [-0.3, -0.25) is 0 Å². The zero-order chi connectivity index (χ0) is 13.7. The monoisotopic (exact) mass is 262 g/mol. The van der Waals surface area contributed by atoms with E-state index < -0.39 is 0 Å². The van der Waals surface area contributed by atoms with E-state index in [1.807, 2.05) is 13.0 Å². The van der Waals surface area contributed by atoms with Crippen molar-refractivity contribution in [3.63, 3.8) is 0 Å². The molecule has 0 bridgehead atoms. The highest BCUT2D eigenvalue weighted by Gasteiger charge is 2.11. The van der Waals surface area contributed by atoms with Crippen molar-refractivity contribution in [3.05, 3.63) is 29.3 Å². The first-order valence-electron chi connectivity index (χ1n) is 7.38. The Kier molecular flexibility index (Phi) is 5.23. The van der Waals surface area contributed by atoms with Crippen LogP contribution in [0, 0.1) is 6.92 Å². The Balaban J connectivity index is 1.81. The minimum Gasteiger partial charge on any atom is -0.493 e. The summed E-state index contributed by atoms with van der Waals surface area (Å²) >= 11 is 0. The van der Waals surface area contributed by atoms with E-state index in [1.54, 1.807) is 0 Å². The van der Waals surface area contributed by atoms with Crippen molar-refractivity contribution in [1.82, 2.24) is 4.90 Å². The molecule has 0 amide bonds. The molecule has 1 heterocycles. The van der Waals surface area contributed by atoms with Crippen LogP contribution < -0.4 is 10.5 Å². The van der Waals surface area contributed by atoms with E-state index in [2.05, 4.69) is 24.0 Å². The number of ether oxygens (including phenoxy) is 1. The number of rotatable bonds is 6. The number of benzene rings is 1. The molecule has 1 aliphatic heterocycles. The van der Waals surface area contributed by atoms with Crippen LogP contribution in [0.4, 0.5) is 0 Å². The van der Waals surface area contributed by atoms with E-state index in [0.717, 1.165) is 30.9 Å². The van der Waals surface area contributed by atoms with Crippen molar-refractivity contribution in [2.24, 2.45) is 5.73 Å². The van der Waals surface area contributed by atoms with E-state index in [9.17, 15) is 0 Å². The molecule has 0 saturated carbocycles. The summed E-state index contributed by atoms with van der Waals surface area (Å²) in [5.41, 5.74) is 8.34. The Hall–Kier alpha value is -1.06. The van der Waals surface area contributed by atoms with E-state index in [1.165, 1.54) is 31.5 Å². The average molecular weight is 262 g/mol. The number of nitrogens with two attached hydrogens (primary N) is 1. The molecule has 19 heavy (non-hydrogen) atoms. The fourth-order valence-corrected chi connectivity index (χ4v) is 2.63. The molecule has 3 heteroatoms. The van der Waals surface area contributed by atoms with Gasteiger partial charge in [0.05, 0.1) is 6.61 Å². The van der Waals surface area contributed by atoms with E-state index in [0.29, 0.717) is 0 Å². The molecule has 0 aliphatic carbocycles. The standard InChI is InChI=1S/C16H26N2O/c1-13-6-7-16(15(12-13)14(2)17)19-11-5-10-18-8-3-4-9-18/h6-7,12,14H,3-5,8-11,17H2,1-2H3. The zero-order valence-electron chi connectivity index (χ0n) is 12.2. The van der Waals surface area contributed by atoms with Gasteiger partial charge in [0.15, 0.2) is 0 Å². The van der Waals surface area contributed by atoms with Crippen molar-refractivity contribution in [2.75, 3.05) is 26.2 Å². The van der Waals surface area contributed by atoms with E-state index in [-0.39, 0.29) is 6.04 Å². The number of nitrogens with zero attached hydrogens (tertiary/aromatic N) is 1. The molecule has 1 saturated heterocycles. The summed E-state index contributed by atoms with van der Waals surface area (Å²) in [6.45, 7) is 8.54. The molecule has 0 spiro atoms. The molecule has 1 fully saturated rings. The number of aryl methyl sites for hydroxylation is 1. The van der Waals surface area contributed by atoms with Gasteiger partial charge >= 0.3 is 0 Å². The Bertz CT molecular complexity index is 398. The highest BCUT2D eigenvalue weighted by atomic mass is 16.5. The summed E-state index contributed by atoms with van der Waals surface area (Å²) in [6, 6.07) is 6.28. The normalized spacial score (nSPS) is 17.6. The second kappa shape index (κ2) is 6.92. The smallest absolute Gasteiger partial charge is 0.124 e. The van der Waals surface area contributed by atoms with Crippen LogP contribution in [-0.4, -0.2) is 31.1 Å². The van der Waals surface area contributed by atoms with Crippen molar-refractivity contribution in [1.29, 1.82) is 0 Å². The SMILES string of the molecule is Cc1ccc(OCCCN2CCCC2)c(C(C)N)c1. The van der Waals surface area contributed by atoms with Gasteiger partial charge in [-0.05, 0) is 52.3 Å². The molecular formula is C16H26N2O. The van der Waals surface area contributed by atoms with Crippen molar-refractivity contribution in [2.45, 2.75) is 39.2 Å². The highest BCUT2D eigenvalue weighted by Crippen LogP contribution is 2.25. The summed E-state index contributed by atoms with van der Waals surface area (Å²) < 4.78 is 5.91. The summed E-state index contributed by atoms with van der Waals surface area (Å²) in [5, 5.41) is 0. The summed E-state index contributed by atoms with van der Waals surface area (Å²) in [4.78, 5) is 2.52. The third-order valence-electron chi connectivity index (χ3n) is 3.73. The fourth-order valence-electron chi connectivity index (χ4n) is 2.63. The summed E-state index contributed by atoms with van der Waals surface area (Å²) in [5.74, 6) is 0.946. The largest absolute Gasteiger partial charge is 0.493 e. The molecule has 1 unspecified atom stereocenters. The third kappa shape index (κ3) is 4.22. The van der Waals surface area contributed by atoms with Gasteiger partial charge in [-0.25, -0.2) is 0 Å². The van der Waals surface area contributed by atoms with Gasteiger partial charge in [-0.1, -0.05) is 17.7 Å². The van der Waals surface area contributed by atoms with Gasteiger partial charge in [0, 0.05) is 18.2 Å². The second-order valence-corrected chi connectivity index (χ2v) is 5.58. The topological polar surface area (TPSA) is 38.5 Å². The second-order valence-electron chi connectivity index (χ2n) is 5.58. The van der Waals surface area contributed by atoms with Gasteiger partial charge in [-0.2, -0.15) is 0 Å². The Morgan fingerprint density at radius 3 is 2.74 bits per heavy atom. The average Bonchev–Trinajstić information content (AvgIpc) is 2.89. The van der Waals surface area contributed by atoms with Crippen LogP contribution in [0.25, 0.3) is 0 Å². The molecule has 1 aromatic carbocycles. The molecule has 2 N–H and O–H groups in total. The number of hydrogen-bond acceptors (Lipinski definition) is 3. The highest BCUT2D eigenvalue weighted by molar-refractivity contribution is 5.38. The Morgan fingerprint density at radius 2 is 2.05 bits per heavy atom. The molecule has 106 valence electrons. The first-order chi connectivity index (χ1) is 9.16. The Morgan fingerprint density at radius 1 is 1.32 bits per heavy atom.